The lowest BCUT2D eigenvalue weighted by atomic mass is 10.1. The van der Waals surface area contributed by atoms with Gasteiger partial charge in [0, 0.05) is 17.9 Å². The molecule has 0 spiro atoms. The van der Waals surface area contributed by atoms with Crippen LogP contribution in [0.2, 0.25) is 0 Å². The average Bonchev–Trinajstić information content (AvgIpc) is 3.37. The van der Waals surface area contributed by atoms with Crippen LogP contribution in [-0.4, -0.2) is 41.7 Å². The predicted octanol–water partition coefficient (Wildman–Crippen LogP) is 3.56. The van der Waals surface area contributed by atoms with Crippen LogP contribution in [0.4, 0.5) is 5.69 Å². The number of rotatable bonds is 8. The molecule has 0 saturated carbocycles. The fraction of sp³-hybridized carbons (Fsp3) is 0.333. The van der Waals surface area contributed by atoms with Gasteiger partial charge >= 0.3 is 17.8 Å². The van der Waals surface area contributed by atoms with Crippen LogP contribution in [0.25, 0.3) is 6.08 Å². The van der Waals surface area contributed by atoms with Crippen molar-refractivity contribution in [3.63, 3.8) is 0 Å². The monoisotopic (exact) mass is 493 g/mol. The van der Waals surface area contributed by atoms with E-state index in [9.17, 15) is 19.2 Å². The van der Waals surface area contributed by atoms with Crippen molar-refractivity contribution in [3.05, 3.63) is 70.3 Å². The van der Waals surface area contributed by atoms with Gasteiger partial charge in [-0.3, -0.25) is 14.4 Å². The average molecular weight is 494 g/mol. The molecule has 0 unspecified atom stereocenters. The summed E-state index contributed by atoms with van der Waals surface area (Å²) in [6.45, 7) is 9.93. The van der Waals surface area contributed by atoms with Gasteiger partial charge in [-0.15, -0.1) is 0 Å². The SMILES string of the molecule is CCOC(=O)C1=C(C)N(CC(C)C)C(=O)/C1=C/c1ccc(CNC(=O)C(=O)Nc2ccc(C)cc2)o1. The van der Waals surface area contributed by atoms with E-state index >= 15 is 0 Å². The van der Waals surface area contributed by atoms with Crippen molar-refractivity contribution in [1.29, 1.82) is 0 Å². The third kappa shape index (κ3) is 6.29. The first kappa shape index (κ1) is 26.5. The van der Waals surface area contributed by atoms with E-state index in [0.29, 0.717) is 29.4 Å². The normalized spacial score (nSPS) is 14.6. The Labute approximate surface area is 210 Å². The van der Waals surface area contributed by atoms with Gasteiger partial charge in [-0.25, -0.2) is 4.79 Å². The highest BCUT2D eigenvalue weighted by Crippen LogP contribution is 2.32. The number of aryl methyl sites for hydroxylation is 1. The van der Waals surface area contributed by atoms with E-state index < -0.39 is 17.8 Å². The molecule has 0 saturated heterocycles. The minimum absolute atomic E-state index is 0.0314. The summed E-state index contributed by atoms with van der Waals surface area (Å²) in [7, 11) is 0. The van der Waals surface area contributed by atoms with E-state index in [1.807, 2.05) is 32.9 Å². The molecule has 0 fully saturated rings. The molecular weight excluding hydrogens is 462 g/mol. The lowest BCUT2D eigenvalue weighted by Gasteiger charge is -2.19. The smallest absolute Gasteiger partial charge is 0.340 e. The first-order chi connectivity index (χ1) is 17.1. The molecule has 1 aliphatic rings. The molecule has 9 nitrogen and oxygen atoms in total. The lowest BCUT2D eigenvalue weighted by Crippen LogP contribution is -2.34. The number of esters is 1. The quantitative estimate of drug-likeness (QED) is 0.330. The summed E-state index contributed by atoms with van der Waals surface area (Å²) in [5, 5.41) is 5.03. The molecule has 190 valence electrons. The van der Waals surface area contributed by atoms with Crippen LogP contribution in [-0.2, 0) is 30.5 Å². The molecule has 2 heterocycles. The Bertz CT molecular complexity index is 1220. The van der Waals surface area contributed by atoms with Crippen molar-refractivity contribution >= 4 is 35.5 Å². The maximum absolute atomic E-state index is 13.1. The Morgan fingerprint density at radius 2 is 1.75 bits per heavy atom. The van der Waals surface area contributed by atoms with Gasteiger partial charge in [0.1, 0.15) is 11.5 Å². The number of nitrogens with one attached hydrogen (secondary N) is 2. The fourth-order valence-electron chi connectivity index (χ4n) is 3.70. The van der Waals surface area contributed by atoms with Crippen LogP contribution in [0.15, 0.2) is 57.7 Å². The molecule has 9 heteroatoms. The second-order valence-electron chi connectivity index (χ2n) is 8.86. The summed E-state index contributed by atoms with van der Waals surface area (Å²) >= 11 is 0. The minimum Gasteiger partial charge on any atom is -0.462 e. The second kappa shape index (κ2) is 11.5. The molecule has 1 aromatic heterocycles. The lowest BCUT2D eigenvalue weighted by molar-refractivity contribution is -0.138. The van der Waals surface area contributed by atoms with Crippen molar-refractivity contribution in [3.8, 4) is 0 Å². The summed E-state index contributed by atoms with van der Waals surface area (Å²) in [5.74, 6) is -1.58. The van der Waals surface area contributed by atoms with Gasteiger partial charge < -0.3 is 24.7 Å². The van der Waals surface area contributed by atoms with E-state index in [1.165, 1.54) is 6.08 Å². The molecule has 0 atom stereocenters. The van der Waals surface area contributed by atoms with Crippen molar-refractivity contribution in [2.75, 3.05) is 18.5 Å². The number of hydrogen-bond acceptors (Lipinski definition) is 6. The third-order valence-electron chi connectivity index (χ3n) is 5.45. The zero-order chi connectivity index (χ0) is 26.4. The first-order valence-corrected chi connectivity index (χ1v) is 11.8. The molecule has 2 N–H and O–H groups in total. The molecule has 0 radical (unpaired) electrons. The standard InChI is InChI=1S/C27H31N3O6/c1-6-35-27(34)23-18(5)30(15-16(2)3)26(33)22(23)13-20-11-12-21(36-20)14-28-24(31)25(32)29-19-9-7-17(4)8-10-19/h7-13,16H,6,14-15H2,1-5H3,(H,28,31)(H,29,32)/b22-13+. The van der Waals surface area contributed by atoms with E-state index in [-0.39, 0.29) is 36.1 Å². The number of benzene rings is 1. The van der Waals surface area contributed by atoms with Crippen LogP contribution in [0.3, 0.4) is 0 Å². The molecule has 3 amide bonds. The third-order valence-corrected chi connectivity index (χ3v) is 5.45. The van der Waals surface area contributed by atoms with Gasteiger partial charge in [-0.2, -0.15) is 0 Å². The predicted molar refractivity (Wildman–Crippen MR) is 134 cm³/mol. The van der Waals surface area contributed by atoms with E-state index in [4.69, 9.17) is 9.15 Å². The highest BCUT2D eigenvalue weighted by molar-refractivity contribution is 6.39. The largest absolute Gasteiger partial charge is 0.462 e. The molecule has 3 rings (SSSR count). The summed E-state index contributed by atoms with van der Waals surface area (Å²) in [5.41, 5.74) is 2.49. The Hall–Kier alpha value is -4.14. The molecule has 36 heavy (non-hydrogen) atoms. The number of amides is 3. The number of ether oxygens (including phenoxy) is 1. The van der Waals surface area contributed by atoms with Crippen LogP contribution < -0.4 is 10.6 Å². The number of carbonyl (C=O) groups excluding carboxylic acids is 4. The van der Waals surface area contributed by atoms with Crippen LogP contribution >= 0.6 is 0 Å². The Balaban J connectivity index is 1.70. The number of hydrogen-bond donors (Lipinski definition) is 2. The Morgan fingerprint density at radius 3 is 2.39 bits per heavy atom. The zero-order valence-electron chi connectivity index (χ0n) is 21.1. The van der Waals surface area contributed by atoms with Crippen molar-refractivity contribution in [1.82, 2.24) is 10.2 Å². The van der Waals surface area contributed by atoms with Crippen LogP contribution in [0.5, 0.6) is 0 Å². The number of anilines is 1. The molecule has 2 aromatic rings. The number of nitrogens with zero attached hydrogens (tertiary/aromatic N) is 1. The van der Waals surface area contributed by atoms with Gasteiger partial charge in [0.25, 0.3) is 5.91 Å². The number of furan rings is 1. The molecular formula is C27H31N3O6. The van der Waals surface area contributed by atoms with Crippen molar-refractivity contribution in [2.24, 2.45) is 5.92 Å². The Kier molecular flexibility index (Phi) is 8.47. The molecule has 0 aliphatic carbocycles. The van der Waals surface area contributed by atoms with Gasteiger partial charge in [0.15, 0.2) is 0 Å². The first-order valence-electron chi connectivity index (χ1n) is 11.8. The van der Waals surface area contributed by atoms with E-state index in [1.54, 1.807) is 43.0 Å². The van der Waals surface area contributed by atoms with Crippen LogP contribution in [0.1, 0.15) is 44.8 Å². The van der Waals surface area contributed by atoms with E-state index in [2.05, 4.69) is 10.6 Å². The summed E-state index contributed by atoms with van der Waals surface area (Å²) < 4.78 is 10.9. The molecule has 1 aliphatic heterocycles. The zero-order valence-corrected chi connectivity index (χ0v) is 21.1. The topological polar surface area (TPSA) is 118 Å². The summed E-state index contributed by atoms with van der Waals surface area (Å²) in [4.78, 5) is 51.6. The highest BCUT2D eigenvalue weighted by atomic mass is 16.5. The number of carbonyl (C=O) groups is 4. The van der Waals surface area contributed by atoms with Gasteiger partial charge in [0.05, 0.1) is 24.3 Å². The minimum atomic E-state index is -0.815. The maximum Gasteiger partial charge on any atom is 0.340 e. The fourth-order valence-corrected chi connectivity index (χ4v) is 3.70. The van der Waals surface area contributed by atoms with Crippen molar-refractivity contribution in [2.45, 2.75) is 41.2 Å². The summed E-state index contributed by atoms with van der Waals surface area (Å²) in [6, 6.07) is 10.3. The van der Waals surface area contributed by atoms with Crippen molar-refractivity contribution < 1.29 is 28.3 Å². The molecule has 0 bridgehead atoms. The Morgan fingerprint density at radius 1 is 1.06 bits per heavy atom. The summed E-state index contributed by atoms with van der Waals surface area (Å²) in [6.07, 6.45) is 1.49. The number of allylic oxidation sites excluding steroid dienone is 1. The highest BCUT2D eigenvalue weighted by Gasteiger charge is 2.37. The van der Waals surface area contributed by atoms with Gasteiger partial charge in [0.2, 0.25) is 0 Å². The van der Waals surface area contributed by atoms with Gasteiger partial charge in [-0.05, 0) is 57.0 Å². The van der Waals surface area contributed by atoms with Gasteiger partial charge in [-0.1, -0.05) is 31.5 Å². The second-order valence-corrected chi connectivity index (χ2v) is 8.86. The maximum atomic E-state index is 13.1. The van der Waals surface area contributed by atoms with E-state index in [0.717, 1.165) is 5.56 Å². The molecule has 1 aromatic carbocycles. The van der Waals surface area contributed by atoms with Crippen LogP contribution in [0, 0.1) is 12.8 Å².